The quantitative estimate of drug-likeness (QED) is 0.727. The largest absolute Gasteiger partial charge is 0.497 e. The molecule has 1 heterocycles. The van der Waals surface area contributed by atoms with Crippen LogP contribution in [0.25, 0.3) is 0 Å². The number of halogens is 1. The Morgan fingerprint density at radius 2 is 1.63 bits per heavy atom. The lowest BCUT2D eigenvalue weighted by Crippen LogP contribution is -2.46. The van der Waals surface area contributed by atoms with E-state index in [0.29, 0.717) is 48.0 Å². The van der Waals surface area contributed by atoms with E-state index < -0.39 is 0 Å². The monoisotopic (exact) mass is 430 g/mol. The molecule has 7 heteroatoms. The Hall–Kier alpha value is -2.73. The van der Waals surface area contributed by atoms with Gasteiger partial charge in [0.25, 0.3) is 5.91 Å². The molecule has 1 saturated heterocycles. The minimum Gasteiger partial charge on any atom is -0.497 e. The van der Waals surface area contributed by atoms with Crippen LogP contribution < -0.4 is 14.8 Å². The maximum Gasteiger partial charge on any atom is 0.251 e. The lowest BCUT2D eigenvalue weighted by Gasteiger charge is -2.32. The second-order valence-corrected chi connectivity index (χ2v) is 7.79. The number of benzene rings is 2. The molecule has 2 amide bonds. The molecular formula is C23H27ClN2O4. The van der Waals surface area contributed by atoms with Crippen molar-refractivity contribution in [2.24, 2.45) is 0 Å². The summed E-state index contributed by atoms with van der Waals surface area (Å²) in [6.45, 7) is 1.29. The molecule has 0 atom stereocenters. The first-order valence-electron chi connectivity index (χ1n) is 10.0. The van der Waals surface area contributed by atoms with Gasteiger partial charge in [0, 0.05) is 42.2 Å². The number of nitrogens with one attached hydrogen (secondary N) is 1. The first-order chi connectivity index (χ1) is 14.5. The summed E-state index contributed by atoms with van der Waals surface area (Å²) < 4.78 is 10.5. The van der Waals surface area contributed by atoms with Gasteiger partial charge in [-0.25, -0.2) is 0 Å². The van der Waals surface area contributed by atoms with E-state index in [-0.39, 0.29) is 17.9 Å². The smallest absolute Gasteiger partial charge is 0.251 e. The molecule has 1 aliphatic heterocycles. The highest BCUT2D eigenvalue weighted by atomic mass is 35.5. The zero-order valence-electron chi connectivity index (χ0n) is 17.3. The van der Waals surface area contributed by atoms with Gasteiger partial charge in [-0.1, -0.05) is 23.7 Å². The van der Waals surface area contributed by atoms with Crippen molar-refractivity contribution in [1.82, 2.24) is 10.2 Å². The normalized spacial score (nSPS) is 14.3. The van der Waals surface area contributed by atoms with Gasteiger partial charge in [-0.3, -0.25) is 9.59 Å². The summed E-state index contributed by atoms with van der Waals surface area (Å²) in [4.78, 5) is 27.0. The van der Waals surface area contributed by atoms with Crippen molar-refractivity contribution in [3.63, 3.8) is 0 Å². The van der Waals surface area contributed by atoms with Gasteiger partial charge < -0.3 is 19.7 Å². The van der Waals surface area contributed by atoms with E-state index in [1.807, 2.05) is 29.2 Å². The average molecular weight is 431 g/mol. The molecular weight excluding hydrogens is 404 g/mol. The van der Waals surface area contributed by atoms with Crippen LogP contribution in [0.2, 0.25) is 5.02 Å². The Morgan fingerprint density at radius 1 is 1.03 bits per heavy atom. The highest BCUT2D eigenvalue weighted by Crippen LogP contribution is 2.23. The van der Waals surface area contributed by atoms with Crippen molar-refractivity contribution in [3.05, 3.63) is 58.6 Å². The Kier molecular flexibility index (Phi) is 7.57. The maximum absolute atomic E-state index is 12.6. The first kappa shape index (κ1) is 22.0. The number of likely N-dealkylation sites (tertiary alicyclic amines) is 1. The molecule has 1 fully saturated rings. The molecule has 2 aromatic carbocycles. The van der Waals surface area contributed by atoms with Gasteiger partial charge in [0.05, 0.1) is 14.2 Å². The topological polar surface area (TPSA) is 67.9 Å². The number of ether oxygens (including phenoxy) is 2. The zero-order valence-corrected chi connectivity index (χ0v) is 18.1. The summed E-state index contributed by atoms with van der Waals surface area (Å²) in [7, 11) is 3.10. The summed E-state index contributed by atoms with van der Waals surface area (Å²) in [6, 6.07) is 12.7. The number of carbonyl (C=O) groups is 2. The van der Waals surface area contributed by atoms with Crippen LogP contribution in [0.5, 0.6) is 11.5 Å². The molecule has 0 saturated carbocycles. The summed E-state index contributed by atoms with van der Waals surface area (Å²) in [6.07, 6.45) is 2.64. The lowest BCUT2D eigenvalue weighted by molar-refractivity contribution is -0.132. The molecule has 1 N–H and O–H groups in total. The van der Waals surface area contributed by atoms with Crippen molar-refractivity contribution in [3.8, 4) is 11.5 Å². The van der Waals surface area contributed by atoms with Crippen LogP contribution in [0.4, 0.5) is 0 Å². The third-order valence-electron chi connectivity index (χ3n) is 5.34. The third-order valence-corrected chi connectivity index (χ3v) is 5.59. The van der Waals surface area contributed by atoms with Crippen LogP contribution in [0, 0.1) is 0 Å². The van der Waals surface area contributed by atoms with E-state index >= 15 is 0 Å². The molecule has 0 spiro atoms. The third kappa shape index (κ3) is 5.89. The number of piperidine rings is 1. The first-order valence-corrected chi connectivity index (χ1v) is 10.4. The summed E-state index contributed by atoms with van der Waals surface area (Å²) in [5.41, 5.74) is 1.59. The molecule has 0 unspecified atom stereocenters. The Bertz CT molecular complexity index is 855. The van der Waals surface area contributed by atoms with E-state index in [0.717, 1.165) is 18.4 Å². The number of carbonyl (C=O) groups excluding carboxylic acids is 2. The molecule has 0 aliphatic carbocycles. The van der Waals surface area contributed by atoms with Crippen LogP contribution in [-0.2, 0) is 11.2 Å². The van der Waals surface area contributed by atoms with Crippen molar-refractivity contribution in [2.75, 3.05) is 27.3 Å². The number of nitrogens with zero attached hydrogens (tertiary/aromatic N) is 1. The molecule has 2 aromatic rings. The minimum absolute atomic E-state index is 0.0370. The minimum atomic E-state index is -0.167. The van der Waals surface area contributed by atoms with Crippen molar-refractivity contribution < 1.29 is 19.1 Å². The van der Waals surface area contributed by atoms with Crippen molar-refractivity contribution >= 4 is 23.4 Å². The van der Waals surface area contributed by atoms with E-state index in [1.165, 1.54) is 0 Å². The highest BCUT2D eigenvalue weighted by molar-refractivity contribution is 6.30. The Labute approximate surface area is 182 Å². The van der Waals surface area contributed by atoms with E-state index in [4.69, 9.17) is 21.1 Å². The van der Waals surface area contributed by atoms with Crippen LogP contribution in [0.15, 0.2) is 42.5 Å². The summed E-state index contributed by atoms with van der Waals surface area (Å²) in [5, 5.41) is 3.76. The van der Waals surface area contributed by atoms with E-state index in [1.54, 1.807) is 32.4 Å². The lowest BCUT2D eigenvalue weighted by atomic mass is 10.0. The SMILES string of the molecule is COc1cc(OC)cc(C(=O)NC2CCN(C(=O)CCc3ccc(Cl)cc3)CC2)c1. The number of rotatable bonds is 7. The predicted octanol–water partition coefficient (Wildman–Crippen LogP) is 3.71. The van der Waals surface area contributed by atoms with Gasteiger partial charge in [-0.15, -0.1) is 0 Å². The molecule has 3 rings (SSSR count). The predicted molar refractivity (Wildman–Crippen MR) is 116 cm³/mol. The molecule has 0 radical (unpaired) electrons. The molecule has 30 heavy (non-hydrogen) atoms. The van der Waals surface area contributed by atoms with Gasteiger partial charge in [0.1, 0.15) is 11.5 Å². The van der Waals surface area contributed by atoms with E-state index in [9.17, 15) is 9.59 Å². The van der Waals surface area contributed by atoms with Crippen LogP contribution in [0.1, 0.15) is 35.2 Å². The van der Waals surface area contributed by atoms with Crippen LogP contribution in [-0.4, -0.2) is 50.1 Å². The highest BCUT2D eigenvalue weighted by Gasteiger charge is 2.24. The molecule has 0 aromatic heterocycles. The van der Waals surface area contributed by atoms with Crippen LogP contribution >= 0.6 is 11.6 Å². The molecule has 160 valence electrons. The Balaban J connectivity index is 1.47. The fraction of sp³-hybridized carbons (Fsp3) is 0.391. The van der Waals surface area contributed by atoms with Crippen LogP contribution in [0.3, 0.4) is 0 Å². The second kappa shape index (κ2) is 10.3. The van der Waals surface area contributed by atoms with Gasteiger partial charge in [0.15, 0.2) is 0 Å². The summed E-state index contributed by atoms with van der Waals surface area (Å²) >= 11 is 5.90. The van der Waals surface area contributed by atoms with Crippen molar-refractivity contribution in [2.45, 2.75) is 31.7 Å². The fourth-order valence-corrected chi connectivity index (χ4v) is 3.67. The number of amides is 2. The van der Waals surface area contributed by atoms with Crippen molar-refractivity contribution in [1.29, 1.82) is 0 Å². The van der Waals surface area contributed by atoms with E-state index in [2.05, 4.69) is 5.32 Å². The standard InChI is InChI=1S/C23H27ClN2O4/c1-29-20-13-17(14-21(15-20)30-2)23(28)25-19-9-11-26(12-10-19)22(27)8-5-16-3-6-18(24)7-4-16/h3-4,6-7,13-15,19H,5,8-12H2,1-2H3,(H,25,28). The van der Waals surface area contributed by atoms with Gasteiger partial charge in [-0.05, 0) is 49.1 Å². The average Bonchev–Trinajstić information content (AvgIpc) is 2.78. The number of methoxy groups -OCH3 is 2. The zero-order chi connectivity index (χ0) is 21.5. The molecule has 0 bridgehead atoms. The Morgan fingerprint density at radius 3 is 2.20 bits per heavy atom. The molecule has 6 nitrogen and oxygen atoms in total. The number of hydrogen-bond acceptors (Lipinski definition) is 4. The maximum atomic E-state index is 12.6. The van der Waals surface area contributed by atoms with Gasteiger partial charge in [0.2, 0.25) is 5.91 Å². The number of hydrogen-bond donors (Lipinski definition) is 1. The number of aryl methyl sites for hydroxylation is 1. The molecule has 1 aliphatic rings. The van der Waals surface area contributed by atoms with Gasteiger partial charge in [-0.2, -0.15) is 0 Å². The summed E-state index contributed by atoms with van der Waals surface area (Å²) in [5.74, 6) is 1.12. The van der Waals surface area contributed by atoms with Gasteiger partial charge >= 0.3 is 0 Å². The fourth-order valence-electron chi connectivity index (χ4n) is 3.54. The second-order valence-electron chi connectivity index (χ2n) is 7.36.